The summed E-state index contributed by atoms with van der Waals surface area (Å²) in [4.78, 5) is 36.8. The van der Waals surface area contributed by atoms with Crippen LogP contribution >= 0.6 is 11.6 Å². The third-order valence-electron chi connectivity index (χ3n) is 4.96. The van der Waals surface area contributed by atoms with Crippen LogP contribution < -0.4 is 10.2 Å². The predicted octanol–water partition coefficient (Wildman–Crippen LogP) is 1.90. The molecule has 2 atom stereocenters. The number of carboxylic acids is 1. The van der Waals surface area contributed by atoms with Crippen molar-refractivity contribution in [3.63, 3.8) is 0 Å². The maximum absolute atomic E-state index is 12.5. The highest BCUT2D eigenvalue weighted by Gasteiger charge is 2.34. The molecule has 0 radical (unpaired) electrons. The molecule has 3 heterocycles. The summed E-state index contributed by atoms with van der Waals surface area (Å²) in [5.41, 5.74) is 0.633. The van der Waals surface area contributed by atoms with Gasteiger partial charge in [0.15, 0.2) is 16.7 Å². The minimum Gasteiger partial charge on any atom is -0.476 e. The number of hydrogen-bond acceptors (Lipinski definition) is 7. The summed E-state index contributed by atoms with van der Waals surface area (Å²) >= 11 is 6.01. The molecule has 1 aliphatic rings. The normalized spacial score (nSPS) is 19.4. The highest BCUT2D eigenvalue weighted by Crippen LogP contribution is 2.24. The number of piperidine rings is 1. The molecule has 1 amide bonds. The van der Waals surface area contributed by atoms with Crippen LogP contribution in [0.5, 0.6) is 0 Å². The van der Waals surface area contributed by atoms with Crippen molar-refractivity contribution in [3.8, 4) is 0 Å². The van der Waals surface area contributed by atoms with Crippen LogP contribution in [0, 0.1) is 0 Å². The number of nitrogens with zero attached hydrogens (tertiary/aromatic N) is 3. The second-order valence-corrected chi connectivity index (χ2v) is 7.08. The van der Waals surface area contributed by atoms with Gasteiger partial charge in [0.05, 0.1) is 24.4 Å². The van der Waals surface area contributed by atoms with E-state index in [1.165, 1.54) is 0 Å². The molecule has 1 saturated heterocycles. The fraction of sp³-hybridized carbons (Fsp3) is 0.556. The molecule has 3 N–H and O–H groups in total. The number of ether oxygens (including phenoxy) is 1. The largest absolute Gasteiger partial charge is 0.476 e. The van der Waals surface area contributed by atoms with Crippen LogP contribution in [0.3, 0.4) is 0 Å². The van der Waals surface area contributed by atoms with Crippen LogP contribution in [0.1, 0.15) is 52.8 Å². The second-order valence-electron chi connectivity index (χ2n) is 6.72. The molecule has 10 nitrogen and oxygen atoms in total. The molecule has 29 heavy (non-hydrogen) atoms. The Labute approximate surface area is 172 Å². The van der Waals surface area contributed by atoms with E-state index in [4.69, 9.17) is 20.8 Å². The van der Waals surface area contributed by atoms with Crippen LogP contribution in [0.25, 0.3) is 0 Å². The molecule has 0 unspecified atom stereocenters. The van der Waals surface area contributed by atoms with E-state index in [9.17, 15) is 14.7 Å². The van der Waals surface area contributed by atoms with E-state index in [-0.39, 0.29) is 35.6 Å². The molecule has 2 aromatic heterocycles. The van der Waals surface area contributed by atoms with Gasteiger partial charge < -0.3 is 29.5 Å². The van der Waals surface area contributed by atoms with Gasteiger partial charge in [-0.2, -0.15) is 4.98 Å². The van der Waals surface area contributed by atoms with Crippen LogP contribution in [-0.2, 0) is 17.6 Å². The molecular formula is C18H24ClN5O5. The lowest BCUT2D eigenvalue weighted by Gasteiger charge is -2.37. The number of halogens is 1. The first-order valence-corrected chi connectivity index (χ1v) is 9.81. The number of anilines is 1. The van der Waals surface area contributed by atoms with Gasteiger partial charge in [-0.3, -0.25) is 4.79 Å². The average Bonchev–Trinajstić information content (AvgIpc) is 3.31. The van der Waals surface area contributed by atoms with Gasteiger partial charge in [0.1, 0.15) is 5.76 Å². The summed E-state index contributed by atoms with van der Waals surface area (Å²) in [6.07, 6.45) is 1.30. The van der Waals surface area contributed by atoms with E-state index in [2.05, 4.69) is 20.3 Å². The molecule has 0 bridgehead atoms. The molecule has 1 fully saturated rings. The minimum atomic E-state index is -1.12. The van der Waals surface area contributed by atoms with Crippen LogP contribution in [0.15, 0.2) is 4.42 Å². The molecular weight excluding hydrogens is 402 g/mol. The molecule has 158 valence electrons. The number of carboxylic acid groups (broad SMARTS) is 1. The maximum atomic E-state index is 12.5. The van der Waals surface area contributed by atoms with Gasteiger partial charge in [-0.15, -0.1) is 0 Å². The summed E-state index contributed by atoms with van der Waals surface area (Å²) < 4.78 is 11.2. The Morgan fingerprint density at radius 1 is 1.38 bits per heavy atom. The first-order valence-electron chi connectivity index (χ1n) is 9.43. The quantitative estimate of drug-likeness (QED) is 0.612. The van der Waals surface area contributed by atoms with Crippen LogP contribution in [-0.4, -0.2) is 64.3 Å². The third kappa shape index (κ3) is 4.38. The molecule has 0 spiro atoms. The van der Waals surface area contributed by atoms with Crippen molar-refractivity contribution >= 4 is 29.5 Å². The Hall–Kier alpha value is -2.59. The lowest BCUT2D eigenvalue weighted by molar-refractivity contribution is 0.0528. The topological polar surface area (TPSA) is 134 Å². The monoisotopic (exact) mass is 425 g/mol. The number of aromatic amines is 1. The summed E-state index contributed by atoms with van der Waals surface area (Å²) in [5.74, 6) is -0.982. The number of imidazole rings is 1. The molecule has 0 aromatic carbocycles. The van der Waals surface area contributed by atoms with Crippen molar-refractivity contribution in [1.29, 1.82) is 0 Å². The lowest BCUT2D eigenvalue weighted by Crippen LogP contribution is -2.55. The number of H-pyrrole nitrogens is 1. The SMILES string of the molecule is CCc1[nH]c(C(=O)N[C@@H]2CCN(c3nc(C(=O)O)c(CC)o3)C[C@@H]2OC)nc1Cl. The van der Waals surface area contributed by atoms with Crippen molar-refractivity contribution in [2.45, 2.75) is 45.3 Å². The van der Waals surface area contributed by atoms with Crippen molar-refractivity contribution < 1.29 is 23.8 Å². The van der Waals surface area contributed by atoms with Crippen LogP contribution in [0.4, 0.5) is 6.01 Å². The van der Waals surface area contributed by atoms with Crippen molar-refractivity contribution in [1.82, 2.24) is 20.3 Å². The van der Waals surface area contributed by atoms with E-state index in [1.807, 2.05) is 11.8 Å². The van der Waals surface area contributed by atoms with Gasteiger partial charge in [0, 0.05) is 20.1 Å². The van der Waals surface area contributed by atoms with Crippen molar-refractivity contribution in [3.05, 3.63) is 28.1 Å². The first-order chi connectivity index (χ1) is 13.9. The average molecular weight is 426 g/mol. The number of carbonyl (C=O) groups is 2. The number of aromatic nitrogens is 3. The Morgan fingerprint density at radius 2 is 2.14 bits per heavy atom. The maximum Gasteiger partial charge on any atom is 0.358 e. The van der Waals surface area contributed by atoms with Crippen LogP contribution in [0.2, 0.25) is 5.15 Å². The van der Waals surface area contributed by atoms with E-state index in [0.717, 1.165) is 0 Å². The number of oxazole rings is 1. The first kappa shape index (κ1) is 21.1. The number of nitrogens with one attached hydrogen (secondary N) is 2. The zero-order valence-electron chi connectivity index (χ0n) is 16.5. The minimum absolute atomic E-state index is 0.0756. The zero-order valence-corrected chi connectivity index (χ0v) is 17.2. The summed E-state index contributed by atoms with van der Waals surface area (Å²) in [6, 6.07) is -0.00580. The van der Waals surface area contributed by atoms with E-state index in [0.29, 0.717) is 49.0 Å². The van der Waals surface area contributed by atoms with Gasteiger partial charge in [0.25, 0.3) is 11.9 Å². The Morgan fingerprint density at radius 3 is 2.69 bits per heavy atom. The summed E-state index contributed by atoms with van der Waals surface area (Å²) in [5, 5.41) is 12.5. The number of hydrogen-bond donors (Lipinski definition) is 3. The van der Waals surface area contributed by atoms with Gasteiger partial charge in [-0.25, -0.2) is 9.78 Å². The number of aryl methyl sites for hydroxylation is 2. The second kappa shape index (κ2) is 8.83. The number of carbonyl (C=O) groups excluding carboxylic acids is 1. The molecule has 0 saturated carbocycles. The van der Waals surface area contributed by atoms with E-state index >= 15 is 0 Å². The standard InChI is InChI=1S/C18H24ClN5O5/c1-4-9-14(19)23-15(20-9)16(25)21-10-6-7-24(8-12(10)28-3)18-22-13(17(26)27)11(5-2)29-18/h10,12H,4-8H2,1-3H3,(H,20,23)(H,21,25)(H,26,27)/t10-,12+/m1/s1. The van der Waals surface area contributed by atoms with Gasteiger partial charge in [-0.05, 0) is 12.8 Å². The summed E-state index contributed by atoms with van der Waals surface area (Å²) in [7, 11) is 1.56. The molecule has 3 rings (SSSR count). The van der Waals surface area contributed by atoms with E-state index in [1.54, 1.807) is 14.0 Å². The lowest BCUT2D eigenvalue weighted by atomic mass is 10.0. The number of methoxy groups -OCH3 is 1. The molecule has 1 aliphatic heterocycles. The predicted molar refractivity (Wildman–Crippen MR) is 105 cm³/mol. The van der Waals surface area contributed by atoms with Gasteiger partial charge in [0.2, 0.25) is 0 Å². The summed E-state index contributed by atoms with van der Waals surface area (Å²) in [6.45, 7) is 4.64. The molecule has 0 aliphatic carbocycles. The number of rotatable bonds is 7. The Kier molecular flexibility index (Phi) is 6.43. The fourth-order valence-corrected chi connectivity index (χ4v) is 3.61. The highest BCUT2D eigenvalue weighted by atomic mass is 35.5. The van der Waals surface area contributed by atoms with Gasteiger partial charge >= 0.3 is 5.97 Å². The van der Waals surface area contributed by atoms with Crippen molar-refractivity contribution in [2.75, 3.05) is 25.1 Å². The zero-order chi connectivity index (χ0) is 21.1. The highest BCUT2D eigenvalue weighted by molar-refractivity contribution is 6.30. The van der Waals surface area contributed by atoms with E-state index < -0.39 is 5.97 Å². The van der Waals surface area contributed by atoms with Gasteiger partial charge in [-0.1, -0.05) is 25.4 Å². The number of aromatic carboxylic acids is 1. The molecule has 11 heteroatoms. The fourth-order valence-electron chi connectivity index (χ4n) is 3.34. The third-order valence-corrected chi connectivity index (χ3v) is 5.27. The molecule has 2 aromatic rings. The number of amides is 1. The Balaban J connectivity index is 1.69. The Bertz CT molecular complexity index is 895. The smallest absolute Gasteiger partial charge is 0.358 e. The van der Waals surface area contributed by atoms with Crippen molar-refractivity contribution in [2.24, 2.45) is 0 Å².